The van der Waals surface area contributed by atoms with Crippen molar-refractivity contribution in [2.75, 3.05) is 13.1 Å². The van der Waals surface area contributed by atoms with Crippen molar-refractivity contribution in [3.63, 3.8) is 0 Å². The van der Waals surface area contributed by atoms with E-state index < -0.39 is 0 Å². The van der Waals surface area contributed by atoms with Gasteiger partial charge in [-0.3, -0.25) is 9.88 Å². The molecule has 1 aromatic carbocycles. The summed E-state index contributed by atoms with van der Waals surface area (Å²) in [5, 5.41) is 10.8. The first-order valence-electron chi connectivity index (χ1n) is 6.12. The number of fused-ring (bicyclic) bond motifs is 1. The lowest BCUT2D eigenvalue weighted by Crippen LogP contribution is -2.18. The quantitative estimate of drug-likeness (QED) is 0.858. The maximum atomic E-state index is 9.78. The van der Waals surface area contributed by atoms with Gasteiger partial charge in [-0.05, 0) is 43.6 Å². The highest BCUT2D eigenvalue weighted by Crippen LogP contribution is 2.26. The van der Waals surface area contributed by atoms with Crippen molar-refractivity contribution in [1.82, 2.24) is 9.88 Å². The molecule has 0 unspecified atom stereocenters. The fraction of sp³-hybridized carbons (Fsp3) is 0.357. The number of likely N-dealkylation sites (tertiary alicyclic amines) is 1. The van der Waals surface area contributed by atoms with Crippen LogP contribution in [0.4, 0.5) is 0 Å². The number of phenolic OH excluding ortho intramolecular Hbond substituents is 1. The van der Waals surface area contributed by atoms with Gasteiger partial charge in [-0.1, -0.05) is 12.1 Å². The number of nitrogens with zero attached hydrogens (tertiary/aromatic N) is 2. The molecule has 0 bridgehead atoms. The lowest BCUT2D eigenvalue weighted by Gasteiger charge is -2.16. The van der Waals surface area contributed by atoms with Crippen LogP contribution in [0, 0.1) is 0 Å². The molecule has 0 amide bonds. The molecule has 2 aromatic rings. The number of benzene rings is 1. The minimum Gasteiger partial charge on any atom is -0.506 e. The Morgan fingerprint density at radius 3 is 2.82 bits per heavy atom. The molecular formula is C14H16N2O. The molecule has 1 aromatic heterocycles. The third-order valence-corrected chi connectivity index (χ3v) is 3.43. The zero-order valence-electron chi connectivity index (χ0n) is 9.76. The smallest absolute Gasteiger partial charge is 0.141 e. The molecule has 0 radical (unpaired) electrons. The van der Waals surface area contributed by atoms with Gasteiger partial charge in [-0.15, -0.1) is 0 Å². The second kappa shape index (κ2) is 4.34. The van der Waals surface area contributed by atoms with E-state index in [-0.39, 0.29) is 5.75 Å². The topological polar surface area (TPSA) is 36.4 Å². The monoisotopic (exact) mass is 228 g/mol. The zero-order chi connectivity index (χ0) is 11.7. The van der Waals surface area contributed by atoms with Gasteiger partial charge in [-0.25, -0.2) is 0 Å². The number of rotatable bonds is 2. The summed E-state index contributed by atoms with van der Waals surface area (Å²) in [4.78, 5) is 6.70. The summed E-state index contributed by atoms with van der Waals surface area (Å²) in [5.74, 6) is 0.269. The Bertz CT molecular complexity index is 533. The largest absolute Gasteiger partial charge is 0.506 e. The second-order valence-electron chi connectivity index (χ2n) is 4.63. The van der Waals surface area contributed by atoms with Gasteiger partial charge in [0.05, 0.1) is 0 Å². The molecule has 3 heteroatoms. The van der Waals surface area contributed by atoms with E-state index in [4.69, 9.17) is 0 Å². The minimum absolute atomic E-state index is 0.269. The fourth-order valence-corrected chi connectivity index (χ4v) is 2.54. The van der Waals surface area contributed by atoms with Gasteiger partial charge in [0.25, 0.3) is 0 Å². The average Bonchev–Trinajstić information content (AvgIpc) is 2.86. The number of aromatic hydroxyl groups is 1. The van der Waals surface area contributed by atoms with Crippen molar-refractivity contribution < 1.29 is 5.11 Å². The van der Waals surface area contributed by atoms with E-state index in [2.05, 4.69) is 9.88 Å². The molecule has 17 heavy (non-hydrogen) atoms. The normalized spacial score (nSPS) is 16.7. The third-order valence-electron chi connectivity index (χ3n) is 3.43. The number of phenols is 1. The first-order valence-corrected chi connectivity index (χ1v) is 6.12. The molecule has 2 heterocycles. The van der Waals surface area contributed by atoms with Gasteiger partial charge in [0, 0.05) is 18.1 Å². The van der Waals surface area contributed by atoms with Gasteiger partial charge < -0.3 is 5.11 Å². The van der Waals surface area contributed by atoms with Gasteiger partial charge in [0.2, 0.25) is 0 Å². The standard InChI is InChI=1S/C14H16N2O/c17-13-6-5-11(10-16-8-1-2-9-16)12-4-3-7-15-14(12)13/h3-7,17H,1-2,8-10H2. The van der Waals surface area contributed by atoms with Crippen molar-refractivity contribution in [1.29, 1.82) is 0 Å². The van der Waals surface area contributed by atoms with E-state index in [9.17, 15) is 5.11 Å². The van der Waals surface area contributed by atoms with Crippen LogP contribution in [-0.4, -0.2) is 28.1 Å². The molecule has 88 valence electrons. The van der Waals surface area contributed by atoms with E-state index in [0.29, 0.717) is 5.52 Å². The van der Waals surface area contributed by atoms with Crippen LogP contribution in [0.25, 0.3) is 10.9 Å². The number of hydrogen-bond acceptors (Lipinski definition) is 3. The number of hydrogen-bond donors (Lipinski definition) is 1. The SMILES string of the molecule is Oc1ccc(CN2CCCC2)c2cccnc12. The molecule has 0 aliphatic carbocycles. The van der Waals surface area contributed by atoms with Crippen molar-refractivity contribution in [2.24, 2.45) is 0 Å². The Labute approximate surface area is 101 Å². The highest BCUT2D eigenvalue weighted by Gasteiger charge is 2.14. The maximum Gasteiger partial charge on any atom is 0.141 e. The van der Waals surface area contributed by atoms with Gasteiger partial charge >= 0.3 is 0 Å². The molecule has 3 nitrogen and oxygen atoms in total. The lowest BCUT2D eigenvalue weighted by molar-refractivity contribution is 0.332. The molecule has 3 rings (SSSR count). The van der Waals surface area contributed by atoms with E-state index >= 15 is 0 Å². The zero-order valence-corrected chi connectivity index (χ0v) is 9.76. The van der Waals surface area contributed by atoms with Crippen LogP contribution in [0.15, 0.2) is 30.5 Å². The van der Waals surface area contributed by atoms with Crippen molar-refractivity contribution in [3.8, 4) is 5.75 Å². The van der Waals surface area contributed by atoms with Crippen LogP contribution < -0.4 is 0 Å². The van der Waals surface area contributed by atoms with Crippen LogP contribution >= 0.6 is 0 Å². The summed E-state index contributed by atoms with van der Waals surface area (Å²) < 4.78 is 0. The maximum absolute atomic E-state index is 9.78. The van der Waals surface area contributed by atoms with E-state index in [1.54, 1.807) is 12.3 Å². The molecule has 0 saturated carbocycles. The third kappa shape index (κ3) is 1.98. The molecule has 1 aliphatic rings. The predicted molar refractivity (Wildman–Crippen MR) is 67.9 cm³/mol. The average molecular weight is 228 g/mol. The first-order chi connectivity index (χ1) is 8.34. The van der Waals surface area contributed by atoms with Crippen molar-refractivity contribution in [2.45, 2.75) is 19.4 Å². The number of aromatic nitrogens is 1. The molecule has 1 saturated heterocycles. The molecule has 1 fully saturated rings. The molecule has 0 spiro atoms. The van der Waals surface area contributed by atoms with Crippen LogP contribution in [0.3, 0.4) is 0 Å². The molecule has 0 atom stereocenters. The van der Waals surface area contributed by atoms with Gasteiger partial charge in [-0.2, -0.15) is 0 Å². The van der Waals surface area contributed by atoms with Gasteiger partial charge in [0.1, 0.15) is 11.3 Å². The summed E-state index contributed by atoms with van der Waals surface area (Å²) in [6.07, 6.45) is 4.32. The Hall–Kier alpha value is -1.61. The number of pyridine rings is 1. The fourth-order valence-electron chi connectivity index (χ4n) is 2.54. The minimum atomic E-state index is 0.269. The predicted octanol–water partition coefficient (Wildman–Crippen LogP) is 2.54. The van der Waals surface area contributed by atoms with Crippen LogP contribution in [0.2, 0.25) is 0 Å². The first kappa shape index (κ1) is 10.5. The highest BCUT2D eigenvalue weighted by atomic mass is 16.3. The van der Waals surface area contributed by atoms with Crippen LogP contribution in [0.5, 0.6) is 5.75 Å². The molecule has 1 N–H and O–H groups in total. The Morgan fingerprint density at radius 1 is 1.18 bits per heavy atom. The van der Waals surface area contributed by atoms with Crippen molar-refractivity contribution in [3.05, 3.63) is 36.0 Å². The van der Waals surface area contributed by atoms with Crippen LogP contribution in [-0.2, 0) is 6.54 Å². The summed E-state index contributed by atoms with van der Waals surface area (Å²) in [5.41, 5.74) is 1.97. The van der Waals surface area contributed by atoms with E-state index in [1.165, 1.54) is 31.5 Å². The van der Waals surface area contributed by atoms with E-state index in [0.717, 1.165) is 11.9 Å². The van der Waals surface area contributed by atoms with Crippen molar-refractivity contribution >= 4 is 10.9 Å². The Morgan fingerprint density at radius 2 is 2.00 bits per heavy atom. The Kier molecular flexibility index (Phi) is 2.69. The summed E-state index contributed by atoms with van der Waals surface area (Å²) in [6.45, 7) is 3.33. The summed E-state index contributed by atoms with van der Waals surface area (Å²) in [6, 6.07) is 7.72. The molecule has 1 aliphatic heterocycles. The van der Waals surface area contributed by atoms with Gasteiger partial charge in [0.15, 0.2) is 0 Å². The van der Waals surface area contributed by atoms with Crippen LogP contribution in [0.1, 0.15) is 18.4 Å². The molecular weight excluding hydrogens is 212 g/mol. The van der Waals surface area contributed by atoms with E-state index in [1.807, 2.05) is 18.2 Å². The summed E-state index contributed by atoms with van der Waals surface area (Å²) in [7, 11) is 0. The second-order valence-corrected chi connectivity index (χ2v) is 4.63. The lowest BCUT2D eigenvalue weighted by atomic mass is 10.1. The highest BCUT2D eigenvalue weighted by molar-refractivity contribution is 5.87. The Balaban J connectivity index is 2.01. The summed E-state index contributed by atoms with van der Waals surface area (Å²) >= 11 is 0.